The maximum Gasteiger partial charge on any atom is 0.370 e. The van der Waals surface area contributed by atoms with E-state index < -0.39 is 22.1 Å². The summed E-state index contributed by atoms with van der Waals surface area (Å²) in [6.45, 7) is 7.56. The highest BCUT2D eigenvalue weighted by molar-refractivity contribution is 7.85. The van der Waals surface area contributed by atoms with Crippen LogP contribution in [0.4, 0.5) is 11.4 Å². The van der Waals surface area contributed by atoms with Crippen LogP contribution in [0.2, 0.25) is 0 Å². The molecule has 2 aromatic carbocycles. The van der Waals surface area contributed by atoms with Gasteiger partial charge in [-0.2, -0.15) is 13.0 Å². The lowest BCUT2D eigenvalue weighted by molar-refractivity contribution is -0.428. The summed E-state index contributed by atoms with van der Waals surface area (Å²) in [4.78, 5) is 24.5. The van der Waals surface area contributed by atoms with Crippen LogP contribution in [0, 0.1) is 6.92 Å². The van der Waals surface area contributed by atoms with Gasteiger partial charge < -0.3 is 15.1 Å². The first-order valence-corrected chi connectivity index (χ1v) is 14.5. The molecule has 0 radical (unpaired) electrons. The Balaban J connectivity index is 1.56. The summed E-state index contributed by atoms with van der Waals surface area (Å²) in [5.74, 6) is -2.25. The molecule has 4 rings (SSSR count). The van der Waals surface area contributed by atoms with Crippen LogP contribution in [0.3, 0.4) is 0 Å². The van der Waals surface area contributed by atoms with E-state index in [1.807, 2.05) is 48.8 Å². The summed E-state index contributed by atoms with van der Waals surface area (Å²) in [6, 6.07) is 10.2. The molecule has 0 aliphatic carbocycles. The summed E-state index contributed by atoms with van der Waals surface area (Å²) in [7, 11) is -4.39. The average molecular weight is 578 g/mol. The number of carbonyl (C=O) groups is 2. The van der Waals surface area contributed by atoms with Crippen molar-refractivity contribution in [1.29, 1.82) is 0 Å². The molecule has 41 heavy (non-hydrogen) atoms. The lowest BCUT2D eigenvalue weighted by atomic mass is 9.81. The van der Waals surface area contributed by atoms with Gasteiger partial charge in [0.25, 0.3) is 10.1 Å². The lowest BCUT2D eigenvalue weighted by Gasteiger charge is -2.20. The molecule has 2 aliphatic rings. The second kappa shape index (κ2) is 11.3. The maximum atomic E-state index is 11.6. The van der Waals surface area contributed by atoms with Gasteiger partial charge in [-0.1, -0.05) is 48.9 Å². The summed E-state index contributed by atoms with van der Waals surface area (Å²) in [5, 5.41) is 19.0. The zero-order valence-electron chi connectivity index (χ0n) is 23.3. The van der Waals surface area contributed by atoms with Gasteiger partial charge in [0, 0.05) is 35.0 Å². The lowest BCUT2D eigenvalue weighted by Crippen LogP contribution is -2.29. The number of anilines is 1. The fourth-order valence-electron chi connectivity index (χ4n) is 5.45. The standard InChI is InChI=1S/C31H32N2O7S/c1-20-12-14-27-24(16-20)31(3,4)28(33(27)19-30(36)37)11-9-7-5-6-8-10-25-21(2)23-17-22(41(38,39)40)13-15-26(23)32(25)18-29(34)35/h5-17,21H,18-19H2,1-4H3,(H2-,34,35,36,37,38,39,40)/p+1. The molecular formula is C31H33N2O7S+. The monoisotopic (exact) mass is 577 g/mol. The fraction of sp³-hybridized carbons (Fsp3) is 0.258. The Morgan fingerprint density at radius 2 is 1.68 bits per heavy atom. The van der Waals surface area contributed by atoms with E-state index in [4.69, 9.17) is 0 Å². The van der Waals surface area contributed by atoms with Crippen molar-refractivity contribution in [3.8, 4) is 0 Å². The SMILES string of the molecule is Cc1ccc2c(c1)C(C)(C)C(/C=C/C=C/C=C/C=C1\C(C)c3cc(S(=O)(=O)O)ccc3N1CC(=O)O)=[N+]2CC(=O)O. The van der Waals surface area contributed by atoms with Crippen molar-refractivity contribution in [2.45, 2.75) is 43.9 Å². The molecule has 2 aromatic rings. The number of benzene rings is 2. The zero-order valence-corrected chi connectivity index (χ0v) is 24.1. The van der Waals surface area contributed by atoms with E-state index in [1.54, 1.807) is 29.2 Å². The summed E-state index contributed by atoms with van der Waals surface area (Å²) in [6.07, 6.45) is 12.7. The van der Waals surface area contributed by atoms with Gasteiger partial charge in [0.15, 0.2) is 5.71 Å². The van der Waals surface area contributed by atoms with Crippen LogP contribution in [0.5, 0.6) is 0 Å². The molecular weight excluding hydrogens is 544 g/mol. The number of allylic oxidation sites excluding steroid dienone is 8. The van der Waals surface area contributed by atoms with Crippen molar-refractivity contribution < 1.29 is 37.3 Å². The summed E-state index contributed by atoms with van der Waals surface area (Å²) >= 11 is 0. The van der Waals surface area contributed by atoms with Crippen LogP contribution in [-0.4, -0.2) is 58.5 Å². The highest BCUT2D eigenvalue weighted by atomic mass is 32.2. The molecule has 0 amide bonds. The first kappa shape index (κ1) is 29.7. The molecule has 0 spiro atoms. The number of rotatable bonds is 9. The van der Waals surface area contributed by atoms with E-state index in [9.17, 15) is 32.8 Å². The van der Waals surface area contributed by atoms with E-state index in [0.29, 0.717) is 16.9 Å². The predicted molar refractivity (Wildman–Crippen MR) is 157 cm³/mol. The van der Waals surface area contributed by atoms with Crippen LogP contribution in [-0.2, 0) is 25.1 Å². The molecule has 9 nitrogen and oxygen atoms in total. The normalized spacial score (nSPS) is 19.2. The van der Waals surface area contributed by atoms with Crippen molar-refractivity contribution in [1.82, 2.24) is 0 Å². The van der Waals surface area contributed by atoms with E-state index in [-0.39, 0.29) is 29.3 Å². The van der Waals surface area contributed by atoms with E-state index in [0.717, 1.165) is 22.5 Å². The minimum Gasteiger partial charge on any atom is -0.480 e. The molecule has 2 heterocycles. The maximum absolute atomic E-state index is 11.6. The minimum atomic E-state index is -4.39. The van der Waals surface area contributed by atoms with Gasteiger partial charge in [-0.25, -0.2) is 4.79 Å². The Kier molecular flexibility index (Phi) is 8.19. The molecule has 0 saturated carbocycles. The van der Waals surface area contributed by atoms with E-state index in [1.165, 1.54) is 18.2 Å². The molecule has 0 aromatic heterocycles. The molecule has 10 heteroatoms. The smallest absolute Gasteiger partial charge is 0.370 e. The number of aryl methyl sites for hydroxylation is 1. The Hall–Kier alpha value is -4.28. The highest BCUT2D eigenvalue weighted by Gasteiger charge is 2.45. The molecule has 0 fully saturated rings. The first-order chi connectivity index (χ1) is 19.2. The van der Waals surface area contributed by atoms with E-state index >= 15 is 0 Å². The van der Waals surface area contributed by atoms with Gasteiger partial charge in [0.1, 0.15) is 6.54 Å². The second-order valence-electron chi connectivity index (χ2n) is 10.6. The molecule has 1 unspecified atom stereocenters. The highest BCUT2D eigenvalue weighted by Crippen LogP contribution is 2.44. The van der Waals surface area contributed by atoms with Crippen molar-refractivity contribution in [3.63, 3.8) is 0 Å². The molecule has 214 valence electrons. The van der Waals surface area contributed by atoms with Crippen LogP contribution < -0.4 is 4.90 Å². The Morgan fingerprint density at radius 3 is 2.34 bits per heavy atom. The topological polar surface area (TPSA) is 135 Å². The minimum absolute atomic E-state index is 0.143. The fourth-order valence-corrected chi connectivity index (χ4v) is 5.97. The third-order valence-corrected chi connectivity index (χ3v) is 8.26. The number of hydrogen-bond donors (Lipinski definition) is 3. The Labute approximate surface area is 239 Å². The van der Waals surface area contributed by atoms with Crippen LogP contribution in [0.15, 0.2) is 89.5 Å². The Morgan fingerprint density at radius 1 is 1.00 bits per heavy atom. The quantitative estimate of drug-likeness (QED) is 0.216. The van der Waals surface area contributed by atoms with Gasteiger partial charge in [-0.15, -0.1) is 0 Å². The van der Waals surface area contributed by atoms with Crippen LogP contribution >= 0.6 is 0 Å². The third-order valence-electron chi connectivity index (χ3n) is 7.41. The molecule has 1 atom stereocenters. The summed E-state index contributed by atoms with van der Waals surface area (Å²) in [5.41, 5.74) is 5.43. The summed E-state index contributed by atoms with van der Waals surface area (Å²) < 4.78 is 34.5. The second-order valence-corrected chi connectivity index (χ2v) is 12.0. The number of hydrogen-bond acceptors (Lipinski definition) is 5. The van der Waals surface area contributed by atoms with Crippen molar-refractivity contribution >= 4 is 39.1 Å². The molecule has 3 N–H and O–H groups in total. The Bertz CT molecular complexity index is 1680. The largest absolute Gasteiger partial charge is 0.480 e. The number of aliphatic carboxylic acids is 2. The zero-order chi connectivity index (χ0) is 30.1. The van der Waals surface area contributed by atoms with Crippen molar-refractivity contribution in [2.24, 2.45) is 0 Å². The predicted octanol–water partition coefficient (Wildman–Crippen LogP) is 4.96. The van der Waals surface area contributed by atoms with Crippen LogP contribution in [0.25, 0.3) is 0 Å². The molecule has 0 bridgehead atoms. The number of carboxylic acid groups (broad SMARTS) is 2. The number of carboxylic acids is 2. The first-order valence-electron chi connectivity index (χ1n) is 13.0. The van der Waals surface area contributed by atoms with Gasteiger partial charge in [-0.05, 0) is 56.7 Å². The van der Waals surface area contributed by atoms with Crippen molar-refractivity contribution in [3.05, 3.63) is 101 Å². The van der Waals surface area contributed by atoms with Crippen molar-refractivity contribution in [2.75, 3.05) is 18.0 Å². The van der Waals surface area contributed by atoms with Gasteiger partial charge in [0.05, 0.1) is 10.3 Å². The van der Waals surface area contributed by atoms with Gasteiger partial charge in [0.2, 0.25) is 12.2 Å². The van der Waals surface area contributed by atoms with Crippen LogP contribution in [0.1, 0.15) is 43.4 Å². The van der Waals surface area contributed by atoms with E-state index in [2.05, 4.69) is 19.9 Å². The van der Waals surface area contributed by atoms with Gasteiger partial charge in [-0.3, -0.25) is 9.35 Å². The molecule has 2 aliphatic heterocycles. The third kappa shape index (κ3) is 6.08. The van der Waals surface area contributed by atoms with Gasteiger partial charge >= 0.3 is 11.9 Å². The molecule has 0 saturated heterocycles. The number of fused-ring (bicyclic) bond motifs is 2. The average Bonchev–Trinajstić information content (AvgIpc) is 3.24. The number of nitrogens with zero attached hydrogens (tertiary/aromatic N) is 2.